The van der Waals surface area contributed by atoms with Crippen LogP contribution in [-0.4, -0.2) is 31.9 Å². The number of carboxylic acid groups (broad SMARTS) is 1. The van der Waals surface area contributed by atoms with Gasteiger partial charge in [0, 0.05) is 5.38 Å². The van der Waals surface area contributed by atoms with E-state index in [9.17, 15) is 9.59 Å². The molecule has 2 heterocycles. The summed E-state index contributed by atoms with van der Waals surface area (Å²) in [6, 6.07) is 0. The Morgan fingerprint density at radius 2 is 2.11 bits per heavy atom. The zero-order valence-electron chi connectivity index (χ0n) is 8.62. The van der Waals surface area contributed by atoms with Gasteiger partial charge in [-0.3, -0.25) is 4.79 Å². The lowest BCUT2D eigenvalue weighted by molar-refractivity contribution is 0.0691. The molecule has 0 saturated carbocycles. The number of halogens is 1. The number of anilines is 1. The third kappa shape index (κ3) is 2.87. The van der Waals surface area contributed by atoms with Crippen molar-refractivity contribution in [2.24, 2.45) is 0 Å². The molecule has 0 aromatic carbocycles. The third-order valence-corrected chi connectivity index (χ3v) is 3.03. The van der Waals surface area contributed by atoms with Gasteiger partial charge in [-0.15, -0.1) is 11.3 Å². The van der Waals surface area contributed by atoms with Crippen LogP contribution in [0.1, 0.15) is 20.3 Å². The van der Waals surface area contributed by atoms with Crippen molar-refractivity contribution in [3.05, 3.63) is 33.1 Å². The number of aromatic nitrogens is 3. The van der Waals surface area contributed by atoms with Crippen molar-refractivity contribution in [3.8, 4) is 0 Å². The van der Waals surface area contributed by atoms with Gasteiger partial charge in [0.15, 0.2) is 16.5 Å². The molecular weight excluding hydrogens is 324 g/mol. The number of hydrogen-bond donors (Lipinski definition) is 2. The number of hydrogen-bond acceptors (Lipinski definition) is 6. The van der Waals surface area contributed by atoms with Crippen molar-refractivity contribution >= 4 is 45.0 Å². The Labute approximate surface area is 113 Å². The van der Waals surface area contributed by atoms with Crippen LogP contribution >= 0.6 is 27.3 Å². The SMILES string of the molecule is O=C(O)c1csc(C(=O)Nc2cnc(Br)cn2)n1. The van der Waals surface area contributed by atoms with E-state index in [0.29, 0.717) is 4.60 Å². The van der Waals surface area contributed by atoms with Gasteiger partial charge in [-0.05, 0) is 15.9 Å². The fourth-order valence-corrected chi connectivity index (χ4v) is 1.91. The molecule has 7 nitrogen and oxygen atoms in total. The molecule has 0 atom stereocenters. The van der Waals surface area contributed by atoms with E-state index < -0.39 is 11.9 Å². The summed E-state index contributed by atoms with van der Waals surface area (Å²) in [5, 5.41) is 12.5. The van der Waals surface area contributed by atoms with Crippen molar-refractivity contribution in [2.75, 3.05) is 5.32 Å². The van der Waals surface area contributed by atoms with Crippen LogP contribution in [0.5, 0.6) is 0 Å². The summed E-state index contributed by atoms with van der Waals surface area (Å²) in [5.41, 5.74) is -0.160. The molecule has 0 saturated heterocycles. The van der Waals surface area contributed by atoms with Gasteiger partial charge in [0.05, 0.1) is 12.4 Å². The highest BCUT2D eigenvalue weighted by Crippen LogP contribution is 2.12. The minimum absolute atomic E-state index is 0.0529. The Morgan fingerprint density at radius 1 is 1.33 bits per heavy atom. The molecule has 0 unspecified atom stereocenters. The minimum atomic E-state index is -1.17. The summed E-state index contributed by atoms with van der Waals surface area (Å²) in [7, 11) is 0. The fourth-order valence-electron chi connectivity index (χ4n) is 1.02. The maximum absolute atomic E-state index is 11.7. The standard InChI is InChI=1S/C9H5BrN4O3S/c10-5-1-12-6(2-11-5)14-7(15)8-13-4(3-18-8)9(16)17/h1-3H,(H,16,17)(H,12,14,15). The van der Waals surface area contributed by atoms with Crippen LogP contribution in [0.4, 0.5) is 5.82 Å². The van der Waals surface area contributed by atoms with Crippen LogP contribution in [0, 0.1) is 0 Å². The van der Waals surface area contributed by atoms with Gasteiger partial charge in [0.2, 0.25) is 0 Å². The predicted octanol–water partition coefficient (Wildman–Crippen LogP) is 1.65. The second-order valence-corrected chi connectivity index (χ2v) is 4.69. The second-order valence-electron chi connectivity index (χ2n) is 3.02. The number of nitrogens with one attached hydrogen (secondary N) is 1. The Morgan fingerprint density at radius 3 is 2.67 bits per heavy atom. The van der Waals surface area contributed by atoms with Gasteiger partial charge in [-0.2, -0.15) is 0 Å². The lowest BCUT2D eigenvalue weighted by Gasteiger charge is -2.00. The number of thiazole rings is 1. The zero-order valence-corrected chi connectivity index (χ0v) is 11.0. The molecule has 0 bridgehead atoms. The number of carboxylic acids is 1. The molecular formula is C9H5BrN4O3S. The molecule has 9 heteroatoms. The molecule has 92 valence electrons. The molecule has 2 rings (SSSR count). The average Bonchev–Trinajstić information content (AvgIpc) is 2.81. The summed E-state index contributed by atoms with van der Waals surface area (Å²) >= 11 is 4.06. The lowest BCUT2D eigenvalue weighted by Crippen LogP contribution is -2.13. The Balaban J connectivity index is 2.11. The molecule has 0 aliphatic heterocycles. The monoisotopic (exact) mass is 328 g/mol. The molecule has 2 aromatic rings. The molecule has 1 amide bonds. The Hall–Kier alpha value is -1.87. The van der Waals surface area contributed by atoms with Crippen LogP contribution in [0.15, 0.2) is 22.4 Å². The maximum atomic E-state index is 11.7. The van der Waals surface area contributed by atoms with E-state index in [4.69, 9.17) is 5.11 Å². The van der Waals surface area contributed by atoms with Gasteiger partial charge in [-0.25, -0.2) is 19.7 Å². The summed E-state index contributed by atoms with van der Waals surface area (Å²) in [5.74, 6) is -1.44. The first-order valence-corrected chi connectivity index (χ1v) is 6.21. The third-order valence-electron chi connectivity index (χ3n) is 1.78. The van der Waals surface area contributed by atoms with E-state index in [1.54, 1.807) is 0 Å². The average molecular weight is 329 g/mol. The van der Waals surface area contributed by atoms with Crippen molar-refractivity contribution in [2.45, 2.75) is 0 Å². The van der Waals surface area contributed by atoms with Crippen molar-refractivity contribution in [3.63, 3.8) is 0 Å². The number of carbonyl (C=O) groups is 2. The summed E-state index contributed by atoms with van der Waals surface area (Å²) in [6.07, 6.45) is 2.80. The number of nitrogens with zero attached hydrogens (tertiary/aromatic N) is 3. The van der Waals surface area contributed by atoms with Gasteiger partial charge >= 0.3 is 5.97 Å². The lowest BCUT2D eigenvalue weighted by atomic mass is 10.5. The number of aromatic carboxylic acids is 1. The van der Waals surface area contributed by atoms with E-state index in [2.05, 4.69) is 36.2 Å². The van der Waals surface area contributed by atoms with E-state index >= 15 is 0 Å². The van der Waals surface area contributed by atoms with E-state index in [1.165, 1.54) is 17.8 Å². The van der Waals surface area contributed by atoms with Crippen LogP contribution in [0.25, 0.3) is 0 Å². The van der Waals surface area contributed by atoms with Crippen LogP contribution < -0.4 is 5.32 Å². The number of rotatable bonds is 3. The smallest absolute Gasteiger partial charge is 0.355 e. The van der Waals surface area contributed by atoms with Crippen LogP contribution in [-0.2, 0) is 0 Å². The van der Waals surface area contributed by atoms with Gasteiger partial charge in [0.1, 0.15) is 4.60 Å². The van der Waals surface area contributed by atoms with Crippen LogP contribution in [0.2, 0.25) is 0 Å². The first-order valence-electron chi connectivity index (χ1n) is 4.54. The minimum Gasteiger partial charge on any atom is -0.476 e. The maximum Gasteiger partial charge on any atom is 0.355 e. The first-order chi connectivity index (χ1) is 8.56. The van der Waals surface area contributed by atoms with Gasteiger partial charge < -0.3 is 10.4 Å². The highest BCUT2D eigenvalue weighted by molar-refractivity contribution is 9.10. The number of carbonyl (C=O) groups excluding carboxylic acids is 1. The molecule has 0 spiro atoms. The zero-order chi connectivity index (χ0) is 13.1. The molecule has 0 aliphatic rings. The fraction of sp³-hybridized carbons (Fsp3) is 0. The van der Waals surface area contributed by atoms with Gasteiger partial charge in [-0.1, -0.05) is 0 Å². The second kappa shape index (κ2) is 5.19. The summed E-state index contributed by atoms with van der Waals surface area (Å²) in [6.45, 7) is 0. The molecule has 0 radical (unpaired) electrons. The van der Waals surface area contributed by atoms with E-state index in [-0.39, 0.29) is 16.5 Å². The molecule has 0 aliphatic carbocycles. The van der Waals surface area contributed by atoms with E-state index in [0.717, 1.165) is 11.3 Å². The summed E-state index contributed by atoms with van der Waals surface area (Å²) < 4.78 is 0.544. The highest BCUT2D eigenvalue weighted by atomic mass is 79.9. The van der Waals surface area contributed by atoms with Gasteiger partial charge in [0.25, 0.3) is 5.91 Å². The quantitative estimate of drug-likeness (QED) is 0.887. The Kier molecular flexibility index (Phi) is 3.63. The first kappa shape index (κ1) is 12.6. The van der Waals surface area contributed by atoms with Crippen molar-refractivity contribution < 1.29 is 14.7 Å². The normalized spacial score (nSPS) is 10.1. The number of amides is 1. The van der Waals surface area contributed by atoms with Crippen LogP contribution in [0.3, 0.4) is 0 Å². The highest BCUT2D eigenvalue weighted by Gasteiger charge is 2.15. The largest absolute Gasteiger partial charge is 0.476 e. The molecule has 2 aromatic heterocycles. The van der Waals surface area contributed by atoms with Crippen molar-refractivity contribution in [1.29, 1.82) is 0 Å². The molecule has 0 fully saturated rings. The molecule has 18 heavy (non-hydrogen) atoms. The topological polar surface area (TPSA) is 105 Å². The Bertz CT molecular complexity index is 598. The predicted molar refractivity (Wildman–Crippen MR) is 66.8 cm³/mol. The molecule has 2 N–H and O–H groups in total. The van der Waals surface area contributed by atoms with Crippen molar-refractivity contribution in [1.82, 2.24) is 15.0 Å². The summed E-state index contributed by atoms with van der Waals surface area (Å²) in [4.78, 5) is 33.8. The van der Waals surface area contributed by atoms with E-state index in [1.807, 2.05) is 0 Å².